The molecule has 0 radical (unpaired) electrons. The van der Waals surface area contributed by atoms with Crippen molar-refractivity contribution in [3.63, 3.8) is 0 Å². The van der Waals surface area contributed by atoms with Crippen molar-refractivity contribution in [2.24, 2.45) is 0 Å². The van der Waals surface area contributed by atoms with Crippen molar-refractivity contribution in [3.05, 3.63) is 94.3 Å². The second-order valence-electron chi connectivity index (χ2n) is 6.61. The molecule has 4 rings (SSSR count). The number of hydrogen-bond donors (Lipinski definition) is 1. The number of benzene rings is 3. The summed E-state index contributed by atoms with van der Waals surface area (Å²) in [6.07, 6.45) is -3.25. The summed E-state index contributed by atoms with van der Waals surface area (Å²) in [4.78, 5) is 12.2. The molecule has 7 heteroatoms. The summed E-state index contributed by atoms with van der Waals surface area (Å²) in [7, 11) is 0. The van der Waals surface area contributed by atoms with Crippen molar-refractivity contribution in [1.29, 1.82) is 0 Å². The molecule has 0 unspecified atom stereocenters. The summed E-state index contributed by atoms with van der Waals surface area (Å²) in [5, 5.41) is 10.7. The van der Waals surface area contributed by atoms with Gasteiger partial charge in [-0.3, -0.25) is 4.79 Å². The summed E-state index contributed by atoms with van der Waals surface area (Å²) in [6, 6.07) is 16.4. The Balaban J connectivity index is 1.80. The van der Waals surface area contributed by atoms with Crippen molar-refractivity contribution in [2.75, 3.05) is 0 Å². The van der Waals surface area contributed by atoms with Gasteiger partial charge in [-0.2, -0.15) is 13.2 Å². The molecule has 152 valence electrons. The Morgan fingerprint density at radius 3 is 2.47 bits per heavy atom. The van der Waals surface area contributed by atoms with E-state index in [-0.39, 0.29) is 28.9 Å². The number of aromatic hydroxyl groups is 1. The highest BCUT2D eigenvalue weighted by Gasteiger charge is 2.30. The molecular weight excluding hydrogens is 397 g/mol. The topological polar surface area (TPSA) is 59.7 Å². The number of halogens is 3. The fourth-order valence-electron chi connectivity index (χ4n) is 3.18. The highest BCUT2D eigenvalue weighted by molar-refractivity contribution is 5.93. The van der Waals surface area contributed by atoms with E-state index in [0.29, 0.717) is 11.1 Å². The van der Waals surface area contributed by atoms with Gasteiger partial charge in [0.2, 0.25) is 0 Å². The molecule has 1 heterocycles. The normalized spacial score (nSPS) is 11.6. The van der Waals surface area contributed by atoms with Gasteiger partial charge in [-0.15, -0.1) is 0 Å². The number of rotatable bonds is 4. The third kappa shape index (κ3) is 3.74. The van der Waals surface area contributed by atoms with Crippen LogP contribution in [0.4, 0.5) is 13.2 Å². The molecule has 0 saturated carbocycles. The minimum atomic E-state index is -4.48. The molecule has 0 spiro atoms. The second kappa shape index (κ2) is 7.59. The lowest BCUT2D eigenvalue weighted by Crippen LogP contribution is -2.06. The van der Waals surface area contributed by atoms with Gasteiger partial charge in [0.1, 0.15) is 17.6 Å². The Labute approximate surface area is 168 Å². The molecule has 0 amide bonds. The SMILES string of the molecule is O=c1ccoc2cc(-c3ccccc3)c(OCc3cccc(C(F)(F)F)c3)c(O)c12. The Hall–Kier alpha value is -3.74. The predicted octanol–water partition coefficient (Wildman–Crippen LogP) is 5.76. The van der Waals surface area contributed by atoms with E-state index in [4.69, 9.17) is 9.15 Å². The molecule has 4 aromatic rings. The minimum Gasteiger partial charge on any atom is -0.504 e. The second-order valence-corrected chi connectivity index (χ2v) is 6.61. The summed E-state index contributed by atoms with van der Waals surface area (Å²) in [6.45, 7) is -0.235. The van der Waals surface area contributed by atoms with Gasteiger partial charge in [-0.25, -0.2) is 0 Å². The molecule has 0 aliphatic heterocycles. The number of phenolic OH excluding ortho intramolecular Hbond substituents is 1. The summed E-state index contributed by atoms with van der Waals surface area (Å²) in [5.74, 6) is -0.433. The molecule has 0 fully saturated rings. The average Bonchev–Trinajstić information content (AvgIpc) is 2.73. The monoisotopic (exact) mass is 412 g/mol. The van der Waals surface area contributed by atoms with Crippen LogP contribution in [0.2, 0.25) is 0 Å². The smallest absolute Gasteiger partial charge is 0.416 e. The van der Waals surface area contributed by atoms with E-state index in [9.17, 15) is 23.1 Å². The molecule has 30 heavy (non-hydrogen) atoms. The van der Waals surface area contributed by atoms with Gasteiger partial charge in [0.15, 0.2) is 16.9 Å². The van der Waals surface area contributed by atoms with E-state index >= 15 is 0 Å². The van der Waals surface area contributed by atoms with Crippen LogP contribution in [0.5, 0.6) is 11.5 Å². The molecule has 3 aromatic carbocycles. The first-order valence-electron chi connectivity index (χ1n) is 8.96. The average molecular weight is 412 g/mol. The van der Waals surface area contributed by atoms with Gasteiger partial charge in [0.25, 0.3) is 0 Å². The highest BCUT2D eigenvalue weighted by Crippen LogP contribution is 2.42. The Morgan fingerprint density at radius 1 is 0.967 bits per heavy atom. The number of hydrogen-bond acceptors (Lipinski definition) is 4. The molecule has 1 N–H and O–H groups in total. The first kappa shape index (κ1) is 19.6. The fourth-order valence-corrected chi connectivity index (χ4v) is 3.18. The third-order valence-electron chi connectivity index (χ3n) is 4.60. The number of ether oxygens (including phenoxy) is 1. The maximum absolute atomic E-state index is 13.0. The van der Waals surface area contributed by atoms with Gasteiger partial charge in [0.05, 0.1) is 11.8 Å². The molecule has 4 nitrogen and oxygen atoms in total. The Bertz CT molecular complexity index is 1260. The van der Waals surface area contributed by atoms with Gasteiger partial charge in [-0.05, 0) is 29.3 Å². The zero-order chi connectivity index (χ0) is 21.3. The van der Waals surface area contributed by atoms with Crippen molar-refractivity contribution in [3.8, 4) is 22.6 Å². The van der Waals surface area contributed by atoms with Gasteiger partial charge >= 0.3 is 6.18 Å². The number of alkyl halides is 3. The van der Waals surface area contributed by atoms with Crippen molar-refractivity contribution >= 4 is 11.0 Å². The van der Waals surface area contributed by atoms with Crippen LogP contribution in [0, 0.1) is 0 Å². The molecule has 0 aliphatic rings. The quantitative estimate of drug-likeness (QED) is 0.463. The maximum atomic E-state index is 13.0. The molecule has 0 bridgehead atoms. The summed E-state index contributed by atoms with van der Waals surface area (Å²) >= 11 is 0. The van der Waals surface area contributed by atoms with E-state index in [2.05, 4.69) is 0 Å². The van der Waals surface area contributed by atoms with Crippen LogP contribution in [0.3, 0.4) is 0 Å². The predicted molar refractivity (Wildman–Crippen MR) is 105 cm³/mol. The standard InChI is InChI=1S/C23H15F3O4/c24-23(25,26)16-8-4-5-14(11-16)13-30-22-17(15-6-2-1-3-7-15)12-19-20(21(22)28)18(27)9-10-29-19/h1-12,28H,13H2. The number of fused-ring (bicyclic) bond motifs is 1. The van der Waals surface area contributed by atoms with Crippen LogP contribution in [0.15, 0.2) is 82.2 Å². The van der Waals surface area contributed by atoms with Crippen LogP contribution >= 0.6 is 0 Å². The maximum Gasteiger partial charge on any atom is 0.416 e. The van der Waals surface area contributed by atoms with Gasteiger partial charge < -0.3 is 14.3 Å². The van der Waals surface area contributed by atoms with Gasteiger partial charge in [-0.1, -0.05) is 42.5 Å². The van der Waals surface area contributed by atoms with Crippen LogP contribution < -0.4 is 10.2 Å². The van der Waals surface area contributed by atoms with E-state index in [1.54, 1.807) is 30.3 Å². The van der Waals surface area contributed by atoms with Crippen molar-refractivity contribution in [1.82, 2.24) is 0 Å². The lowest BCUT2D eigenvalue weighted by molar-refractivity contribution is -0.137. The Kier molecular flexibility index (Phi) is 4.95. The molecule has 0 aliphatic carbocycles. The van der Waals surface area contributed by atoms with Crippen molar-refractivity contribution in [2.45, 2.75) is 12.8 Å². The van der Waals surface area contributed by atoms with E-state index in [1.807, 2.05) is 6.07 Å². The highest BCUT2D eigenvalue weighted by atomic mass is 19.4. The van der Waals surface area contributed by atoms with Crippen LogP contribution in [0.25, 0.3) is 22.1 Å². The molecule has 0 saturated heterocycles. The summed E-state index contributed by atoms with van der Waals surface area (Å²) in [5.41, 5.74) is 0.309. The van der Waals surface area contributed by atoms with Crippen LogP contribution in [-0.2, 0) is 12.8 Å². The summed E-state index contributed by atoms with van der Waals surface area (Å²) < 4.78 is 50.0. The first-order chi connectivity index (χ1) is 14.3. The lowest BCUT2D eigenvalue weighted by atomic mass is 10.0. The molecular formula is C23H15F3O4. The lowest BCUT2D eigenvalue weighted by Gasteiger charge is -2.15. The first-order valence-corrected chi connectivity index (χ1v) is 8.96. The zero-order valence-electron chi connectivity index (χ0n) is 15.4. The minimum absolute atomic E-state index is 0.00962. The Morgan fingerprint density at radius 2 is 1.73 bits per heavy atom. The largest absolute Gasteiger partial charge is 0.504 e. The third-order valence-corrected chi connectivity index (χ3v) is 4.60. The van der Waals surface area contributed by atoms with Crippen molar-refractivity contribution < 1.29 is 27.4 Å². The van der Waals surface area contributed by atoms with E-state index in [0.717, 1.165) is 12.1 Å². The van der Waals surface area contributed by atoms with Crippen LogP contribution in [-0.4, -0.2) is 5.11 Å². The fraction of sp³-hybridized carbons (Fsp3) is 0.0870. The number of phenols is 1. The van der Waals surface area contributed by atoms with E-state index in [1.165, 1.54) is 24.5 Å². The van der Waals surface area contributed by atoms with E-state index < -0.39 is 22.9 Å². The zero-order valence-corrected chi connectivity index (χ0v) is 15.4. The molecule has 1 aromatic heterocycles. The van der Waals surface area contributed by atoms with Gasteiger partial charge in [0, 0.05) is 11.6 Å². The van der Waals surface area contributed by atoms with Crippen LogP contribution in [0.1, 0.15) is 11.1 Å². The molecule has 0 atom stereocenters.